The number of aryl methyl sites for hydroxylation is 1. The van der Waals surface area contributed by atoms with Gasteiger partial charge in [0.15, 0.2) is 5.82 Å². The maximum Gasteiger partial charge on any atom is 0.329 e. The van der Waals surface area contributed by atoms with Crippen molar-refractivity contribution < 1.29 is 14.6 Å². The zero-order chi connectivity index (χ0) is 13.8. The van der Waals surface area contributed by atoms with Gasteiger partial charge in [0.05, 0.1) is 7.11 Å². The first-order chi connectivity index (χ1) is 9.08. The topological polar surface area (TPSA) is 77.2 Å². The molecule has 1 aromatic heterocycles. The molecule has 0 aliphatic heterocycles. The number of aromatic nitrogens is 3. The molecule has 1 N–H and O–H groups in total. The van der Waals surface area contributed by atoms with Crippen LogP contribution >= 0.6 is 0 Å². The van der Waals surface area contributed by atoms with Gasteiger partial charge in [0.25, 0.3) is 0 Å². The summed E-state index contributed by atoms with van der Waals surface area (Å²) < 4.78 is 6.53. The number of methoxy groups -OCH3 is 1. The lowest BCUT2D eigenvalue weighted by Gasteiger charge is -2.03. The summed E-state index contributed by atoms with van der Waals surface area (Å²) in [5.74, 6) is 0.207. The molecular weight excluding hydrogens is 246 g/mol. The van der Waals surface area contributed by atoms with Crippen molar-refractivity contribution in [2.24, 2.45) is 0 Å². The highest BCUT2D eigenvalue weighted by Crippen LogP contribution is 2.23. The van der Waals surface area contributed by atoms with Crippen molar-refractivity contribution in [3.05, 3.63) is 36.2 Å². The summed E-state index contributed by atoms with van der Waals surface area (Å²) in [6.07, 6.45) is 3.77. The van der Waals surface area contributed by atoms with Crippen molar-refractivity contribution >= 4 is 12.2 Å². The van der Waals surface area contributed by atoms with Crippen LogP contribution in [0.1, 0.15) is 5.56 Å². The number of aliphatic carboxylic acids is 1. The molecule has 0 radical (unpaired) electrons. The third kappa shape index (κ3) is 3.19. The first-order valence-electron chi connectivity index (χ1n) is 5.57. The third-order valence-electron chi connectivity index (χ3n) is 2.42. The van der Waals surface area contributed by atoms with E-state index in [2.05, 4.69) is 10.1 Å². The smallest absolute Gasteiger partial charge is 0.329 e. The van der Waals surface area contributed by atoms with Crippen LogP contribution in [0.25, 0.3) is 17.6 Å². The molecule has 0 bridgehead atoms. The summed E-state index contributed by atoms with van der Waals surface area (Å²) in [5.41, 5.74) is 1.85. The third-order valence-corrected chi connectivity index (χ3v) is 2.42. The van der Waals surface area contributed by atoms with E-state index in [4.69, 9.17) is 9.84 Å². The predicted molar refractivity (Wildman–Crippen MR) is 69.7 cm³/mol. The molecular formula is C13H13N3O3. The van der Waals surface area contributed by atoms with Crippen molar-refractivity contribution in [3.8, 4) is 17.1 Å². The summed E-state index contributed by atoms with van der Waals surface area (Å²) in [6, 6.07) is 5.67. The molecule has 0 unspecified atom stereocenters. The maximum atomic E-state index is 10.4. The molecule has 6 nitrogen and oxygen atoms in total. The molecule has 0 aliphatic carbocycles. The van der Waals surface area contributed by atoms with E-state index in [-0.39, 0.29) is 0 Å². The van der Waals surface area contributed by atoms with Gasteiger partial charge in [-0.2, -0.15) is 0 Å². The maximum absolute atomic E-state index is 10.4. The van der Waals surface area contributed by atoms with Crippen LogP contribution in [0.15, 0.2) is 30.6 Å². The van der Waals surface area contributed by atoms with Crippen molar-refractivity contribution in [2.75, 3.05) is 7.11 Å². The summed E-state index contributed by atoms with van der Waals surface area (Å²) in [4.78, 5) is 14.5. The van der Waals surface area contributed by atoms with Gasteiger partial charge in [0.2, 0.25) is 0 Å². The molecule has 1 heterocycles. The van der Waals surface area contributed by atoms with Gasteiger partial charge in [-0.1, -0.05) is 0 Å². The van der Waals surface area contributed by atoms with E-state index in [1.807, 2.05) is 25.1 Å². The van der Waals surface area contributed by atoms with Crippen LogP contribution in [-0.2, 0) is 4.79 Å². The van der Waals surface area contributed by atoms with Crippen LogP contribution < -0.4 is 4.74 Å². The van der Waals surface area contributed by atoms with Gasteiger partial charge in [-0.15, -0.1) is 5.10 Å². The number of hydrogen-bond acceptors (Lipinski definition) is 4. The highest BCUT2D eigenvalue weighted by Gasteiger charge is 2.06. The van der Waals surface area contributed by atoms with Crippen LogP contribution in [-0.4, -0.2) is 33.0 Å². The molecule has 0 saturated heterocycles. The van der Waals surface area contributed by atoms with E-state index < -0.39 is 5.97 Å². The molecule has 0 aliphatic rings. The lowest BCUT2D eigenvalue weighted by molar-refractivity contribution is -0.131. The highest BCUT2D eigenvalue weighted by atomic mass is 16.5. The summed E-state index contributed by atoms with van der Waals surface area (Å²) >= 11 is 0. The molecule has 1 aromatic carbocycles. The number of benzene rings is 1. The lowest BCUT2D eigenvalue weighted by Crippen LogP contribution is -1.92. The normalized spacial score (nSPS) is 10.8. The molecule has 0 amide bonds. The van der Waals surface area contributed by atoms with Crippen LogP contribution in [0, 0.1) is 6.92 Å². The Kier molecular flexibility index (Phi) is 3.61. The number of ether oxygens (including phenoxy) is 1. The van der Waals surface area contributed by atoms with E-state index >= 15 is 0 Å². The predicted octanol–water partition coefficient (Wildman–Crippen LogP) is 1.82. The van der Waals surface area contributed by atoms with Gasteiger partial charge in [-0.3, -0.25) is 0 Å². The highest BCUT2D eigenvalue weighted by molar-refractivity contribution is 5.82. The van der Waals surface area contributed by atoms with Gasteiger partial charge < -0.3 is 9.84 Å². The van der Waals surface area contributed by atoms with E-state index in [0.29, 0.717) is 5.82 Å². The lowest BCUT2D eigenvalue weighted by atomic mass is 10.1. The zero-order valence-electron chi connectivity index (χ0n) is 10.6. The molecule has 2 aromatic rings. The minimum absolute atomic E-state index is 0.511. The number of nitrogens with zero attached hydrogens (tertiary/aromatic N) is 3. The van der Waals surface area contributed by atoms with Gasteiger partial charge >= 0.3 is 5.97 Å². The Morgan fingerprint density at radius 1 is 1.42 bits per heavy atom. The molecule has 0 saturated carbocycles. The quantitative estimate of drug-likeness (QED) is 0.847. The molecule has 0 spiro atoms. The van der Waals surface area contributed by atoms with Crippen LogP contribution in [0.3, 0.4) is 0 Å². The second-order valence-corrected chi connectivity index (χ2v) is 3.94. The van der Waals surface area contributed by atoms with E-state index in [0.717, 1.165) is 23.0 Å². The zero-order valence-corrected chi connectivity index (χ0v) is 10.6. The molecule has 0 atom stereocenters. The molecule has 98 valence electrons. The minimum atomic E-state index is -1.03. The van der Waals surface area contributed by atoms with Crippen molar-refractivity contribution in [1.82, 2.24) is 14.8 Å². The molecule has 19 heavy (non-hydrogen) atoms. The van der Waals surface area contributed by atoms with Crippen molar-refractivity contribution in [3.63, 3.8) is 0 Å². The standard InChI is InChI=1S/C13H13N3O3/c1-9-5-10(7-11(6-9)19-2)13-14-8-16(15-13)4-3-12(17)18/h3-8H,1-2H3,(H,17,18)/b4-3-. The fourth-order valence-corrected chi connectivity index (χ4v) is 1.61. The monoisotopic (exact) mass is 259 g/mol. The van der Waals surface area contributed by atoms with E-state index in [1.54, 1.807) is 7.11 Å². The Bertz CT molecular complexity index is 632. The molecule has 0 fully saturated rings. The van der Waals surface area contributed by atoms with Gasteiger partial charge in [-0.05, 0) is 30.7 Å². The van der Waals surface area contributed by atoms with Crippen molar-refractivity contribution in [2.45, 2.75) is 6.92 Å². The fraction of sp³-hybridized carbons (Fsp3) is 0.154. The minimum Gasteiger partial charge on any atom is -0.497 e. The number of rotatable bonds is 4. The number of carboxylic acids is 1. The Balaban J connectivity index is 2.32. The second kappa shape index (κ2) is 5.34. The van der Waals surface area contributed by atoms with E-state index in [1.165, 1.54) is 17.2 Å². The summed E-state index contributed by atoms with van der Waals surface area (Å²) in [7, 11) is 1.60. The van der Waals surface area contributed by atoms with E-state index in [9.17, 15) is 4.79 Å². The summed E-state index contributed by atoms with van der Waals surface area (Å²) in [6.45, 7) is 1.95. The van der Waals surface area contributed by atoms with Gasteiger partial charge in [-0.25, -0.2) is 14.5 Å². The number of carbonyl (C=O) groups is 1. The van der Waals surface area contributed by atoms with Gasteiger partial charge in [0, 0.05) is 17.8 Å². The average molecular weight is 259 g/mol. The average Bonchev–Trinajstić information content (AvgIpc) is 2.84. The van der Waals surface area contributed by atoms with Crippen molar-refractivity contribution in [1.29, 1.82) is 0 Å². The first-order valence-corrected chi connectivity index (χ1v) is 5.57. The second-order valence-electron chi connectivity index (χ2n) is 3.94. The summed E-state index contributed by atoms with van der Waals surface area (Å²) in [5, 5.41) is 12.7. The Labute approximate surface area is 110 Å². The van der Waals surface area contributed by atoms with Gasteiger partial charge in [0.1, 0.15) is 12.1 Å². The number of carboxylic acid groups (broad SMARTS) is 1. The molecule has 2 rings (SSSR count). The Morgan fingerprint density at radius 3 is 2.89 bits per heavy atom. The van der Waals surface area contributed by atoms with Crippen LogP contribution in [0.4, 0.5) is 0 Å². The Morgan fingerprint density at radius 2 is 2.21 bits per heavy atom. The Hall–Kier alpha value is -2.63. The fourth-order valence-electron chi connectivity index (χ4n) is 1.61. The number of hydrogen-bond donors (Lipinski definition) is 1. The first kappa shape index (κ1) is 12.8. The van der Waals surface area contributed by atoms with Crippen LogP contribution in [0.2, 0.25) is 0 Å². The molecule has 6 heteroatoms. The SMILES string of the molecule is COc1cc(C)cc(-c2ncn(/C=C\C(=O)O)n2)c1. The largest absolute Gasteiger partial charge is 0.497 e. The van der Waals surface area contributed by atoms with Crippen LogP contribution in [0.5, 0.6) is 5.75 Å².